The molecule has 1 aliphatic rings. The molecule has 0 aliphatic carbocycles. The van der Waals surface area contributed by atoms with Crippen LogP contribution in [0.25, 0.3) is 0 Å². The summed E-state index contributed by atoms with van der Waals surface area (Å²) in [7, 11) is -4.20. The molecule has 1 N–H and O–H groups in total. The van der Waals surface area contributed by atoms with Gasteiger partial charge in [0.1, 0.15) is 7.60 Å². The minimum atomic E-state index is -4.20. The number of aliphatic carboxylic acids is 3. The largest absolute Gasteiger partial charge is 3.00 e. The number of benzene rings is 1. The van der Waals surface area contributed by atoms with Crippen LogP contribution >= 0.6 is 7.60 Å². The van der Waals surface area contributed by atoms with Gasteiger partial charge in [0.25, 0.3) is 0 Å². The molecule has 0 aromatic heterocycles. The average molecular weight is 808 g/mol. The molecule has 1 saturated heterocycles. The van der Waals surface area contributed by atoms with Crippen molar-refractivity contribution >= 4 is 25.5 Å². The van der Waals surface area contributed by atoms with Crippen LogP contribution in [-0.4, -0.2) is 152 Å². The second kappa shape index (κ2) is 24.1. The van der Waals surface area contributed by atoms with Crippen molar-refractivity contribution in [1.82, 2.24) is 24.5 Å². The van der Waals surface area contributed by atoms with Gasteiger partial charge in [-0.2, -0.15) is 0 Å². The maximum Gasteiger partial charge on any atom is 3.00 e. The van der Waals surface area contributed by atoms with Crippen molar-refractivity contribution in [2.24, 2.45) is 0 Å². The number of hydrogen-bond acceptors (Lipinski definition) is 15. The molecular weight excluding hydrogens is 766 g/mol. The maximum absolute atomic E-state index is 12.5. The molecule has 1 aromatic carbocycles. The van der Waals surface area contributed by atoms with Gasteiger partial charge in [-0.3, -0.25) is 24.5 Å². The van der Waals surface area contributed by atoms with Gasteiger partial charge in [-0.25, -0.2) is 0 Å². The zero-order valence-corrected chi connectivity index (χ0v) is 31.1. The van der Waals surface area contributed by atoms with E-state index in [1.807, 2.05) is 35.2 Å². The summed E-state index contributed by atoms with van der Waals surface area (Å²) in [6.07, 6.45) is -1.42. The Kier molecular flexibility index (Phi) is 24.0. The summed E-state index contributed by atoms with van der Waals surface area (Å²) < 4.78 is 17.4. The SMILES string of the molecule is CCOP(=O)([O-])CN(Cc1ccccc1)CC(O)CN1CCN(CC(=O)[O-])CCN(CC(=O)[O-])CCN(CC(=O)[O-])CC1.[Gd+3].[Na+]. The van der Waals surface area contributed by atoms with Crippen LogP contribution in [0.1, 0.15) is 12.5 Å². The van der Waals surface area contributed by atoms with Gasteiger partial charge in [0.2, 0.25) is 0 Å². The minimum absolute atomic E-state index is 0. The first kappa shape index (κ1) is 44.9. The molecular formula is C27H42GdN5NaO10P. The molecule has 0 spiro atoms. The van der Waals surface area contributed by atoms with Crippen LogP contribution in [0.15, 0.2) is 30.3 Å². The van der Waals surface area contributed by atoms with Crippen molar-refractivity contribution in [3.05, 3.63) is 35.9 Å². The van der Waals surface area contributed by atoms with E-state index in [1.165, 1.54) is 0 Å². The predicted molar refractivity (Wildman–Crippen MR) is 148 cm³/mol. The Labute approximate surface area is 319 Å². The van der Waals surface area contributed by atoms with Crippen molar-refractivity contribution in [2.75, 3.05) is 98.0 Å². The van der Waals surface area contributed by atoms with Crippen molar-refractivity contribution < 1.29 is 118 Å². The Morgan fingerprint density at radius 2 is 1.24 bits per heavy atom. The fraction of sp³-hybridized carbons (Fsp3) is 0.667. The van der Waals surface area contributed by atoms with Crippen LogP contribution in [0.4, 0.5) is 0 Å². The zero-order chi connectivity index (χ0) is 31.8. The number of carbonyl (C=O) groups is 3. The van der Waals surface area contributed by atoms with E-state index in [1.54, 1.807) is 26.5 Å². The number of carboxylic acids is 3. The second-order valence-electron chi connectivity index (χ2n) is 10.6. The van der Waals surface area contributed by atoms with Gasteiger partial charge >= 0.3 is 69.5 Å². The summed E-state index contributed by atoms with van der Waals surface area (Å²) in [6.45, 7) is 2.64. The fourth-order valence-electron chi connectivity index (χ4n) is 4.93. The molecule has 0 bridgehead atoms. The molecule has 45 heavy (non-hydrogen) atoms. The average Bonchev–Trinajstić information content (AvgIpc) is 2.89. The van der Waals surface area contributed by atoms with Crippen molar-refractivity contribution in [2.45, 2.75) is 19.6 Å². The third-order valence-electron chi connectivity index (χ3n) is 6.87. The zero-order valence-electron chi connectivity index (χ0n) is 25.9. The van der Waals surface area contributed by atoms with E-state index in [2.05, 4.69) is 0 Å². The van der Waals surface area contributed by atoms with Gasteiger partial charge in [-0.1, -0.05) is 30.3 Å². The van der Waals surface area contributed by atoms with E-state index >= 15 is 0 Å². The molecule has 2 rings (SSSR count). The third-order valence-corrected chi connectivity index (χ3v) is 8.27. The van der Waals surface area contributed by atoms with E-state index in [4.69, 9.17) is 4.52 Å². The molecule has 1 fully saturated rings. The topological polar surface area (TPSA) is 206 Å². The fourth-order valence-corrected chi connectivity index (χ4v) is 6.11. The summed E-state index contributed by atoms with van der Waals surface area (Å²) in [4.78, 5) is 54.7. The number of carboxylic acid groups (broad SMARTS) is 3. The molecule has 1 aromatic rings. The number of hydrogen-bond donors (Lipinski definition) is 1. The first-order valence-corrected chi connectivity index (χ1v) is 16.0. The summed E-state index contributed by atoms with van der Waals surface area (Å²) >= 11 is 0. The molecule has 249 valence electrons. The summed E-state index contributed by atoms with van der Waals surface area (Å²) in [5.74, 6) is -3.89. The molecule has 1 aliphatic heterocycles. The Morgan fingerprint density at radius 1 is 0.844 bits per heavy atom. The number of nitrogens with zero attached hydrogens (tertiary/aromatic N) is 5. The van der Waals surface area contributed by atoms with Crippen LogP contribution in [0.3, 0.4) is 0 Å². The Bertz CT molecular complexity index is 1030. The second-order valence-corrected chi connectivity index (χ2v) is 12.3. The van der Waals surface area contributed by atoms with E-state index in [0.29, 0.717) is 13.1 Å². The van der Waals surface area contributed by atoms with E-state index in [-0.39, 0.29) is 148 Å². The molecule has 0 saturated carbocycles. The van der Waals surface area contributed by atoms with Crippen LogP contribution < -0.4 is 49.8 Å². The normalized spacial score (nSPS) is 18.4. The molecule has 1 heterocycles. The number of rotatable bonds is 16. The third kappa shape index (κ3) is 20.8. The predicted octanol–water partition coefficient (Wildman–Crippen LogP) is -8.13. The number of β-amino-alcohol motifs (C(OH)–C–C–N with tert-alkyl or cyclic N) is 1. The minimum Gasteiger partial charge on any atom is -0.778 e. The summed E-state index contributed by atoms with van der Waals surface area (Å²) in [5.41, 5.74) is 0.848. The standard InChI is InChI=1S/C27H46N5O10P.Gd.Na/c1-2-42-43(40,41)22-32(16-23-6-4-3-5-7-23)18-24(33)17-28-8-10-29(19-25(34)35)12-14-31(21-27(38)39)15-13-30(11-9-28)20-26(36)37;;/h3-7,24,33H,2,8-22H2,1H3,(H,34,35)(H,36,37)(H,38,39)(H,40,41);;/q;+3;+1/p-4. The Balaban J connectivity index is 0.00000968. The summed E-state index contributed by atoms with van der Waals surface area (Å²) in [6, 6.07) is 9.19. The van der Waals surface area contributed by atoms with Crippen LogP contribution in [0.2, 0.25) is 0 Å². The number of aliphatic hydroxyl groups is 1. The molecule has 0 amide bonds. The Hall–Kier alpha value is -0.135. The number of aliphatic hydroxyl groups excluding tert-OH is 1. The smallest absolute Gasteiger partial charge is 0.778 e. The quantitative estimate of drug-likeness (QED) is 0.122. The number of carbonyl (C=O) groups excluding carboxylic acids is 3. The van der Waals surface area contributed by atoms with Crippen molar-refractivity contribution in [1.29, 1.82) is 0 Å². The van der Waals surface area contributed by atoms with Gasteiger partial charge < -0.3 is 48.8 Å². The molecule has 1 radical (unpaired) electrons. The molecule has 18 heteroatoms. The van der Waals surface area contributed by atoms with E-state index in [9.17, 15) is 44.3 Å². The first-order valence-electron chi connectivity index (χ1n) is 14.2. The van der Waals surface area contributed by atoms with Gasteiger partial charge in [0, 0.05) is 91.6 Å². The van der Waals surface area contributed by atoms with Gasteiger partial charge in [0.15, 0.2) is 0 Å². The van der Waals surface area contributed by atoms with Crippen LogP contribution in [0, 0.1) is 39.9 Å². The van der Waals surface area contributed by atoms with Crippen LogP contribution in [0.5, 0.6) is 0 Å². The summed E-state index contributed by atoms with van der Waals surface area (Å²) in [5, 5.41) is 45.1. The monoisotopic (exact) mass is 808 g/mol. The first-order chi connectivity index (χ1) is 20.3. The van der Waals surface area contributed by atoms with Gasteiger partial charge in [-0.05, 0) is 12.5 Å². The van der Waals surface area contributed by atoms with Gasteiger partial charge in [0.05, 0.1) is 36.9 Å². The van der Waals surface area contributed by atoms with Crippen LogP contribution in [-0.2, 0) is 30.0 Å². The van der Waals surface area contributed by atoms with E-state index < -0.39 is 44.4 Å². The van der Waals surface area contributed by atoms with Gasteiger partial charge in [-0.15, -0.1) is 0 Å². The molecule has 2 atom stereocenters. The van der Waals surface area contributed by atoms with Crippen molar-refractivity contribution in [3.63, 3.8) is 0 Å². The van der Waals surface area contributed by atoms with Crippen molar-refractivity contribution in [3.8, 4) is 0 Å². The molecule has 15 nitrogen and oxygen atoms in total. The van der Waals surface area contributed by atoms with E-state index in [0.717, 1.165) is 5.56 Å². The maximum atomic E-state index is 12.5. The Morgan fingerprint density at radius 3 is 1.62 bits per heavy atom. The molecule has 2 unspecified atom stereocenters.